The molecule has 3 aromatic rings. The number of allylic oxidation sites excluding steroid dienone is 1. The van der Waals surface area contributed by atoms with Crippen LogP contribution in [0.25, 0.3) is 12.2 Å². The summed E-state index contributed by atoms with van der Waals surface area (Å²) in [6.07, 6.45) is -3.00. The second kappa shape index (κ2) is 13.9. The summed E-state index contributed by atoms with van der Waals surface area (Å²) in [7, 11) is 1.29. The second-order valence-corrected chi connectivity index (χ2v) is 9.62. The molecule has 7 N–H and O–H groups in total. The maximum absolute atomic E-state index is 12.5. The van der Waals surface area contributed by atoms with Gasteiger partial charge in [-0.05, 0) is 59.7 Å². The minimum atomic E-state index is -1.74. The first-order chi connectivity index (χ1) is 21.0. The van der Waals surface area contributed by atoms with Gasteiger partial charge in [-0.2, -0.15) is 0 Å². The summed E-state index contributed by atoms with van der Waals surface area (Å²) in [5.74, 6) is -3.21. The fourth-order valence-corrected chi connectivity index (χ4v) is 4.16. The van der Waals surface area contributed by atoms with E-state index in [4.69, 9.17) is 18.9 Å². The zero-order valence-electron chi connectivity index (χ0n) is 23.2. The molecule has 1 aliphatic heterocycles. The summed E-state index contributed by atoms with van der Waals surface area (Å²) in [6, 6.07) is 12.6. The fourth-order valence-electron chi connectivity index (χ4n) is 4.16. The first-order valence-electron chi connectivity index (χ1n) is 13.1. The monoisotopic (exact) mass is 610 g/mol. The number of carbonyl (C=O) groups excluding carboxylic acids is 2. The molecular weight excluding hydrogens is 580 g/mol. The first-order valence-corrected chi connectivity index (χ1v) is 13.1. The standard InChI is InChI=1S/C31H30O13/c1-41-23-12-9-19(26(36)27(23)37)20(33)10-4-17-5-11-22(21(34)14-17)43-31-30(40)29(39)28(38)24(44-31)15-42-25(35)13-6-16-2-7-18(32)8-3-16/h2-14,24,28-32,34,36-40H,15H2,1H3. The molecule has 13 heteroatoms. The van der Waals surface area contributed by atoms with Crippen molar-refractivity contribution in [3.05, 3.63) is 83.4 Å². The average molecular weight is 611 g/mol. The number of esters is 1. The summed E-state index contributed by atoms with van der Waals surface area (Å²) in [4.78, 5) is 24.7. The average Bonchev–Trinajstić information content (AvgIpc) is 3.01. The van der Waals surface area contributed by atoms with E-state index in [0.717, 1.165) is 12.2 Å². The number of carbonyl (C=O) groups is 2. The summed E-state index contributed by atoms with van der Waals surface area (Å²) >= 11 is 0. The number of hydrogen-bond donors (Lipinski definition) is 7. The Balaban J connectivity index is 1.38. The molecule has 0 spiro atoms. The van der Waals surface area contributed by atoms with E-state index in [1.54, 1.807) is 12.1 Å². The molecule has 4 rings (SSSR count). The highest BCUT2D eigenvalue weighted by Gasteiger charge is 2.45. The van der Waals surface area contributed by atoms with Crippen LogP contribution in [0.1, 0.15) is 21.5 Å². The lowest BCUT2D eigenvalue weighted by molar-refractivity contribution is -0.278. The van der Waals surface area contributed by atoms with Crippen molar-refractivity contribution >= 4 is 23.9 Å². The number of aliphatic hydroxyl groups is 3. The molecule has 0 bridgehead atoms. The molecule has 1 fully saturated rings. The number of ether oxygens (including phenoxy) is 4. The van der Waals surface area contributed by atoms with Crippen molar-refractivity contribution in [1.82, 2.24) is 0 Å². The van der Waals surface area contributed by atoms with Gasteiger partial charge in [0.1, 0.15) is 36.8 Å². The van der Waals surface area contributed by atoms with Gasteiger partial charge in [-0.1, -0.05) is 24.3 Å². The van der Waals surface area contributed by atoms with Gasteiger partial charge in [-0.15, -0.1) is 0 Å². The summed E-state index contributed by atoms with van der Waals surface area (Å²) in [5, 5.41) is 70.9. The molecule has 5 unspecified atom stereocenters. The smallest absolute Gasteiger partial charge is 0.330 e. The lowest BCUT2D eigenvalue weighted by atomic mass is 9.99. The van der Waals surface area contributed by atoms with Crippen molar-refractivity contribution < 1.29 is 64.3 Å². The number of phenolic OH excluding ortho intramolecular Hbond substituents is 4. The van der Waals surface area contributed by atoms with E-state index < -0.39 is 66.3 Å². The molecule has 0 amide bonds. The molecule has 44 heavy (non-hydrogen) atoms. The quantitative estimate of drug-likeness (QED) is 0.0757. The topological polar surface area (TPSA) is 213 Å². The Labute approximate surface area is 250 Å². The van der Waals surface area contributed by atoms with E-state index in [1.807, 2.05) is 0 Å². The Kier molecular flexibility index (Phi) is 10.1. The molecule has 0 aromatic heterocycles. The maximum atomic E-state index is 12.5. The van der Waals surface area contributed by atoms with E-state index >= 15 is 0 Å². The zero-order chi connectivity index (χ0) is 32.0. The Morgan fingerprint density at radius 3 is 2.14 bits per heavy atom. The Morgan fingerprint density at radius 1 is 0.795 bits per heavy atom. The molecule has 0 saturated carbocycles. The van der Waals surface area contributed by atoms with Crippen LogP contribution in [0.5, 0.6) is 34.5 Å². The van der Waals surface area contributed by atoms with Gasteiger partial charge in [-0.3, -0.25) is 4.79 Å². The van der Waals surface area contributed by atoms with Crippen molar-refractivity contribution in [2.45, 2.75) is 30.7 Å². The Hall–Kier alpha value is -5.08. The first kappa shape index (κ1) is 31.8. The highest BCUT2D eigenvalue weighted by atomic mass is 16.7. The summed E-state index contributed by atoms with van der Waals surface area (Å²) in [5.41, 5.74) is 0.776. The third kappa shape index (κ3) is 7.46. The molecule has 3 aromatic carbocycles. The van der Waals surface area contributed by atoms with Crippen LogP contribution in [-0.4, -0.2) is 91.9 Å². The SMILES string of the molecule is COc1ccc(C(=O)C=Cc2ccc(OC3OC(COC(=O)C=Cc4ccc(O)cc4)C(O)C(O)C3O)c(O)c2)c(O)c1O. The Morgan fingerprint density at radius 2 is 1.45 bits per heavy atom. The molecule has 5 atom stereocenters. The van der Waals surface area contributed by atoms with E-state index in [-0.39, 0.29) is 22.8 Å². The number of aromatic hydroxyl groups is 4. The van der Waals surface area contributed by atoms with Crippen LogP contribution in [0, 0.1) is 0 Å². The lowest BCUT2D eigenvalue weighted by Crippen LogP contribution is -2.60. The molecule has 13 nitrogen and oxygen atoms in total. The van der Waals surface area contributed by atoms with Crippen molar-refractivity contribution in [3.8, 4) is 34.5 Å². The van der Waals surface area contributed by atoms with Crippen LogP contribution in [0.2, 0.25) is 0 Å². The van der Waals surface area contributed by atoms with Crippen molar-refractivity contribution in [3.63, 3.8) is 0 Å². The number of benzene rings is 3. The number of ketones is 1. The van der Waals surface area contributed by atoms with Crippen molar-refractivity contribution in [2.24, 2.45) is 0 Å². The van der Waals surface area contributed by atoms with Crippen LogP contribution in [0.15, 0.2) is 66.7 Å². The molecule has 1 heterocycles. The van der Waals surface area contributed by atoms with E-state index in [9.17, 15) is 45.3 Å². The summed E-state index contributed by atoms with van der Waals surface area (Å²) in [6.45, 7) is -0.505. The van der Waals surface area contributed by atoms with Crippen LogP contribution in [-0.2, 0) is 14.3 Å². The molecule has 0 aliphatic carbocycles. The largest absolute Gasteiger partial charge is 0.508 e. The van der Waals surface area contributed by atoms with Crippen LogP contribution in [0.4, 0.5) is 0 Å². The van der Waals surface area contributed by atoms with Crippen molar-refractivity contribution in [1.29, 1.82) is 0 Å². The van der Waals surface area contributed by atoms with Gasteiger partial charge in [0.25, 0.3) is 0 Å². The van der Waals surface area contributed by atoms with Crippen LogP contribution >= 0.6 is 0 Å². The number of methoxy groups -OCH3 is 1. The predicted molar refractivity (Wildman–Crippen MR) is 153 cm³/mol. The van der Waals surface area contributed by atoms with Gasteiger partial charge < -0.3 is 54.7 Å². The second-order valence-electron chi connectivity index (χ2n) is 9.62. The van der Waals surface area contributed by atoms with Crippen LogP contribution < -0.4 is 9.47 Å². The normalized spacial score (nSPS) is 21.8. The maximum Gasteiger partial charge on any atom is 0.330 e. The summed E-state index contributed by atoms with van der Waals surface area (Å²) < 4.78 is 21.0. The zero-order valence-corrected chi connectivity index (χ0v) is 23.2. The molecule has 1 aliphatic rings. The van der Waals surface area contributed by atoms with E-state index in [1.165, 1.54) is 61.7 Å². The van der Waals surface area contributed by atoms with Gasteiger partial charge in [-0.25, -0.2) is 4.79 Å². The number of aliphatic hydroxyl groups excluding tert-OH is 3. The van der Waals surface area contributed by atoms with Gasteiger partial charge >= 0.3 is 5.97 Å². The Bertz CT molecular complexity index is 1550. The number of hydrogen-bond acceptors (Lipinski definition) is 13. The van der Waals surface area contributed by atoms with Crippen molar-refractivity contribution in [2.75, 3.05) is 13.7 Å². The van der Waals surface area contributed by atoms with Gasteiger partial charge in [0, 0.05) is 6.08 Å². The molecule has 232 valence electrons. The predicted octanol–water partition coefficient (Wildman–Crippen LogP) is 1.86. The number of rotatable bonds is 10. The molecule has 0 radical (unpaired) electrons. The van der Waals surface area contributed by atoms with Gasteiger partial charge in [0.2, 0.25) is 12.0 Å². The van der Waals surface area contributed by atoms with Gasteiger partial charge in [0.15, 0.2) is 28.8 Å². The third-order valence-electron chi connectivity index (χ3n) is 6.62. The van der Waals surface area contributed by atoms with Gasteiger partial charge in [0.05, 0.1) is 12.7 Å². The minimum absolute atomic E-state index is 0.0101. The highest BCUT2D eigenvalue weighted by Crippen LogP contribution is 2.38. The van der Waals surface area contributed by atoms with E-state index in [2.05, 4.69) is 0 Å². The van der Waals surface area contributed by atoms with E-state index in [0.29, 0.717) is 11.1 Å². The molecular formula is C31H30O13. The third-order valence-corrected chi connectivity index (χ3v) is 6.62. The van der Waals surface area contributed by atoms with Crippen LogP contribution in [0.3, 0.4) is 0 Å². The number of phenols is 4. The highest BCUT2D eigenvalue weighted by molar-refractivity contribution is 6.09. The fraction of sp³-hybridized carbons (Fsp3) is 0.226. The lowest BCUT2D eigenvalue weighted by Gasteiger charge is -2.39. The molecule has 1 saturated heterocycles. The minimum Gasteiger partial charge on any atom is -0.508 e.